The van der Waals surface area contributed by atoms with Gasteiger partial charge in [-0.15, -0.1) is 0 Å². The van der Waals surface area contributed by atoms with Gasteiger partial charge in [0.15, 0.2) is 0 Å². The molecule has 0 spiro atoms. The Kier molecular flexibility index (Phi) is 15.8. The Morgan fingerprint density at radius 2 is 1.71 bits per heavy atom. The Morgan fingerprint density at radius 3 is 2.43 bits per heavy atom. The van der Waals surface area contributed by atoms with E-state index in [1.165, 1.54) is 14.8 Å². The molecule has 77 heavy (non-hydrogen) atoms. The van der Waals surface area contributed by atoms with Crippen molar-refractivity contribution >= 4 is 46.2 Å². The van der Waals surface area contributed by atoms with E-state index >= 15 is 4.79 Å². The van der Waals surface area contributed by atoms with Crippen LogP contribution in [-0.2, 0) is 52.8 Å². The fourth-order valence-electron chi connectivity index (χ4n) is 12.6. The number of amides is 4. The number of esters is 1. The average molecular weight is 1060 g/mol. The number of likely N-dealkylation sites (N-methyl/N-ethyl adjacent to an activating group) is 3. The maximum Gasteiger partial charge on any atom is 0.324 e. The number of ether oxygens (including phenoxy) is 2. The smallest absolute Gasteiger partial charge is 0.324 e. The molecule has 2 aliphatic carbocycles. The topological polar surface area (TPSA) is 204 Å². The van der Waals surface area contributed by atoms with Gasteiger partial charge in [-0.3, -0.25) is 39.3 Å². The molecule has 10 rings (SSSR count). The van der Waals surface area contributed by atoms with Gasteiger partial charge >= 0.3 is 5.97 Å². The van der Waals surface area contributed by atoms with Gasteiger partial charge < -0.3 is 44.1 Å². The van der Waals surface area contributed by atoms with Crippen LogP contribution < -0.4 is 21.0 Å². The number of pyridine rings is 1. The van der Waals surface area contributed by atoms with Crippen LogP contribution in [0.25, 0.3) is 33.3 Å². The number of nitrogens with one attached hydrogen (secondary N) is 3. The second kappa shape index (κ2) is 22.3. The number of carbonyl (C=O) groups excluding carboxylic acids is 5. The highest BCUT2D eigenvalue weighted by Gasteiger charge is 2.52. The van der Waals surface area contributed by atoms with Crippen molar-refractivity contribution in [2.75, 3.05) is 79.0 Å². The minimum Gasteiger partial charge on any atom is -0.508 e. The van der Waals surface area contributed by atoms with Crippen LogP contribution >= 0.6 is 0 Å². The highest BCUT2D eigenvalue weighted by atomic mass is 16.5. The van der Waals surface area contributed by atoms with Crippen LogP contribution in [0.5, 0.6) is 5.75 Å². The van der Waals surface area contributed by atoms with Crippen molar-refractivity contribution in [3.05, 3.63) is 65.5 Å². The van der Waals surface area contributed by atoms with Crippen LogP contribution in [-0.4, -0.2) is 168 Å². The second-order valence-corrected chi connectivity index (χ2v) is 23.7. The Labute approximate surface area is 453 Å². The first-order valence-electron chi connectivity index (χ1n) is 28.2. The summed E-state index contributed by atoms with van der Waals surface area (Å²) in [6, 6.07) is 10.9. The predicted molar refractivity (Wildman–Crippen MR) is 295 cm³/mol. The number of cyclic esters (lactones) is 1. The number of piperazine rings is 1. The molecule has 4 N–H and O–H groups in total. The Balaban J connectivity index is 1.03. The monoisotopic (exact) mass is 1060 g/mol. The summed E-state index contributed by atoms with van der Waals surface area (Å²) in [7, 11) is 7.10. The van der Waals surface area contributed by atoms with E-state index in [0.29, 0.717) is 37.3 Å². The van der Waals surface area contributed by atoms with Crippen molar-refractivity contribution in [2.45, 2.75) is 135 Å². The van der Waals surface area contributed by atoms with Crippen molar-refractivity contribution in [1.82, 2.24) is 45.3 Å². The van der Waals surface area contributed by atoms with Gasteiger partial charge in [0.2, 0.25) is 17.7 Å². The zero-order chi connectivity index (χ0) is 54.4. The number of aromatic nitrogens is 2. The number of benzene rings is 2. The van der Waals surface area contributed by atoms with Crippen LogP contribution in [0.15, 0.2) is 48.7 Å². The molecule has 2 saturated carbocycles. The normalized spacial score (nSPS) is 24.0. The first kappa shape index (κ1) is 54.3. The number of hydrazine groups is 1. The third-order valence-corrected chi connectivity index (χ3v) is 17.3. The van der Waals surface area contributed by atoms with Gasteiger partial charge in [-0.05, 0) is 130 Å². The molecule has 5 fully saturated rings. The first-order valence-corrected chi connectivity index (χ1v) is 28.2. The van der Waals surface area contributed by atoms with Crippen LogP contribution in [0, 0.1) is 17.3 Å². The molecule has 4 aromatic rings. The fraction of sp³-hybridized carbons (Fsp3) is 0.593. The van der Waals surface area contributed by atoms with Crippen LogP contribution in [0.3, 0.4) is 0 Å². The summed E-state index contributed by atoms with van der Waals surface area (Å²) in [4.78, 5) is 84.4. The third-order valence-electron chi connectivity index (χ3n) is 17.3. The summed E-state index contributed by atoms with van der Waals surface area (Å²) < 4.78 is 14.6. The molecule has 2 aromatic heterocycles. The second-order valence-electron chi connectivity index (χ2n) is 23.7. The number of fused-ring (bicyclic) bond motifs is 6. The first-order chi connectivity index (χ1) is 36.9. The molecule has 6 aliphatic rings. The van der Waals surface area contributed by atoms with Gasteiger partial charge in [0, 0.05) is 94.8 Å². The zero-order valence-corrected chi connectivity index (χ0v) is 46.4. The molecule has 18 nitrogen and oxygen atoms in total. The maximum absolute atomic E-state index is 15.0. The summed E-state index contributed by atoms with van der Waals surface area (Å²) >= 11 is 0. The zero-order valence-electron chi connectivity index (χ0n) is 46.4. The van der Waals surface area contributed by atoms with E-state index in [9.17, 15) is 24.3 Å². The number of phenolic OH excluding ortho intramolecular Hbond substituents is 1. The fourth-order valence-corrected chi connectivity index (χ4v) is 12.6. The minimum atomic E-state index is -1.16. The van der Waals surface area contributed by atoms with Crippen molar-refractivity contribution in [1.29, 1.82) is 0 Å². The summed E-state index contributed by atoms with van der Waals surface area (Å²) in [5, 5.41) is 20.4. The van der Waals surface area contributed by atoms with Crippen LogP contribution in [0.4, 0.5) is 5.69 Å². The van der Waals surface area contributed by atoms with Crippen LogP contribution in [0.2, 0.25) is 0 Å². The van der Waals surface area contributed by atoms with Gasteiger partial charge in [-0.25, -0.2) is 5.43 Å². The number of methoxy groups -OCH3 is 1. The molecule has 6 atom stereocenters. The summed E-state index contributed by atoms with van der Waals surface area (Å²) in [5.74, 6) is -1.55. The standard InChI is InChI=1S/C59H80N10O8/c1-9-68-48-19-18-39-29-43(48)45(54(68)44-30-41(32-60-50(44)35(2)76-8)67-23-21-64(5)22-24-67)31-59(3,4)34-77-58(75)46-15-12-20-69(63-46)56(73)47(27-36-25-40(39)28-42(70)26-36)61-55(72)53(38-13-10-11-14-38)66(7)49(71)33-65(6)57(74)52-51(62-52)37-16-17-37/h18-19,25-26,28-30,32,35,37-38,46-47,51-53,62-63,70H,9-17,20-24,27,31,33-34H2,1-8H3,(H,61,72)/t35-,46-,47-,51+,52+,53-/m0/s1. The number of carbonyl (C=O) groups is 5. The summed E-state index contributed by atoms with van der Waals surface area (Å²) in [6.45, 7) is 12.9. The largest absolute Gasteiger partial charge is 0.508 e. The van der Waals surface area contributed by atoms with Gasteiger partial charge in [-0.1, -0.05) is 38.8 Å². The lowest BCUT2D eigenvalue weighted by Crippen LogP contribution is -2.62. The Bertz CT molecular complexity index is 2890. The molecule has 414 valence electrons. The molecule has 0 unspecified atom stereocenters. The number of rotatable bonds is 13. The molecule has 18 heteroatoms. The molecule has 0 radical (unpaired) electrons. The van der Waals surface area contributed by atoms with Crippen molar-refractivity contribution in [3.8, 4) is 28.1 Å². The molecule has 6 bridgehead atoms. The molecule has 2 aromatic carbocycles. The van der Waals surface area contributed by atoms with Crippen LogP contribution in [0.1, 0.15) is 102 Å². The van der Waals surface area contributed by atoms with Gasteiger partial charge in [-0.2, -0.15) is 0 Å². The lowest BCUT2D eigenvalue weighted by atomic mass is 9.84. The number of anilines is 1. The number of hydrogen-bond acceptors (Lipinski definition) is 13. The van der Waals surface area contributed by atoms with Gasteiger partial charge in [0.1, 0.15) is 29.9 Å². The van der Waals surface area contributed by atoms with E-state index in [0.717, 1.165) is 115 Å². The number of aromatic hydroxyl groups is 1. The number of aryl methyl sites for hydroxylation is 1. The minimum absolute atomic E-state index is 0.000669. The Hall–Kier alpha value is -6.08. The quantitative estimate of drug-likeness (QED) is 0.0977. The molecule has 4 amide bonds. The highest BCUT2D eigenvalue weighted by molar-refractivity contribution is 5.97. The van der Waals surface area contributed by atoms with E-state index in [-0.39, 0.29) is 67.8 Å². The molecular formula is C59H80N10O8. The Morgan fingerprint density at radius 1 is 0.961 bits per heavy atom. The van der Waals surface area contributed by atoms with E-state index in [1.54, 1.807) is 33.3 Å². The molecular weight excluding hydrogens is 977 g/mol. The van der Waals surface area contributed by atoms with Crippen molar-refractivity contribution < 1.29 is 38.6 Å². The van der Waals surface area contributed by atoms with E-state index in [4.69, 9.17) is 14.5 Å². The summed E-state index contributed by atoms with van der Waals surface area (Å²) in [6.07, 6.45) is 8.60. The van der Waals surface area contributed by atoms with E-state index in [2.05, 4.69) is 82.5 Å². The average Bonchev–Trinajstić information content (AvgIpc) is 4.38. The number of hydrogen-bond donors (Lipinski definition) is 4. The third kappa shape index (κ3) is 11.6. The molecule has 4 aliphatic heterocycles. The van der Waals surface area contributed by atoms with Crippen molar-refractivity contribution in [3.63, 3.8) is 0 Å². The number of nitrogens with zero attached hydrogens (tertiary/aromatic N) is 7. The lowest BCUT2D eigenvalue weighted by molar-refractivity contribution is -0.155. The van der Waals surface area contributed by atoms with E-state index in [1.807, 2.05) is 19.2 Å². The van der Waals surface area contributed by atoms with Gasteiger partial charge in [0.05, 0.1) is 42.5 Å². The van der Waals surface area contributed by atoms with E-state index < -0.39 is 41.3 Å². The van der Waals surface area contributed by atoms with Gasteiger partial charge in [0.25, 0.3) is 5.91 Å². The highest BCUT2D eigenvalue weighted by Crippen LogP contribution is 2.44. The lowest BCUT2D eigenvalue weighted by Gasteiger charge is -2.37. The summed E-state index contributed by atoms with van der Waals surface area (Å²) in [5.41, 5.74) is 10.7. The van der Waals surface area contributed by atoms with Crippen molar-refractivity contribution in [2.24, 2.45) is 17.3 Å². The predicted octanol–water partition coefficient (Wildman–Crippen LogP) is 5.43. The SMILES string of the molecule is CCn1c(-c2cc(N3CCN(C)CC3)cnc2[C@H](C)OC)c2c3cc(ccc31)-c1cc(O)cc(c1)C[C@H](NC(=O)[C@H](C1CCCC1)N(C)C(=O)CN(C)C(=O)[C@@H]1N[C@@H]1C1CC1)C(=O)N1CCC[C@H](N1)C(=O)OCC(C)(C)C2. The maximum atomic E-state index is 15.0. The number of phenols is 1. The molecule has 3 saturated heterocycles. The molecule has 6 heterocycles.